The van der Waals surface area contributed by atoms with Gasteiger partial charge < -0.3 is 15.5 Å². The number of nitrogens with zero attached hydrogens (tertiary/aromatic N) is 1. The predicted molar refractivity (Wildman–Crippen MR) is 80.3 cm³/mol. The Balaban J connectivity index is 1.97. The van der Waals surface area contributed by atoms with Crippen molar-refractivity contribution >= 4 is 5.91 Å². The monoisotopic (exact) mass is 269 g/mol. The van der Waals surface area contributed by atoms with Crippen LogP contribution in [0.3, 0.4) is 0 Å². The maximum absolute atomic E-state index is 11.6. The SMILES string of the molecule is CC(C)NCCCC(=O)NCCN(C)C1CCCC1. The van der Waals surface area contributed by atoms with Gasteiger partial charge in [-0.15, -0.1) is 0 Å². The molecule has 19 heavy (non-hydrogen) atoms. The van der Waals surface area contributed by atoms with E-state index in [1.54, 1.807) is 0 Å². The zero-order valence-corrected chi connectivity index (χ0v) is 12.9. The fourth-order valence-corrected chi connectivity index (χ4v) is 2.63. The molecule has 0 saturated heterocycles. The van der Waals surface area contributed by atoms with Crippen LogP contribution in [0.15, 0.2) is 0 Å². The Morgan fingerprint density at radius 3 is 2.58 bits per heavy atom. The lowest BCUT2D eigenvalue weighted by Gasteiger charge is -2.23. The van der Waals surface area contributed by atoms with Crippen molar-refractivity contribution < 1.29 is 4.79 Å². The van der Waals surface area contributed by atoms with Crippen molar-refractivity contribution in [3.63, 3.8) is 0 Å². The molecule has 112 valence electrons. The van der Waals surface area contributed by atoms with Crippen molar-refractivity contribution in [3.8, 4) is 0 Å². The van der Waals surface area contributed by atoms with E-state index < -0.39 is 0 Å². The average molecular weight is 269 g/mol. The van der Waals surface area contributed by atoms with Crippen molar-refractivity contribution in [2.24, 2.45) is 0 Å². The molecular weight excluding hydrogens is 238 g/mol. The van der Waals surface area contributed by atoms with Crippen LogP contribution in [0.1, 0.15) is 52.4 Å². The smallest absolute Gasteiger partial charge is 0.220 e. The molecule has 0 aliphatic heterocycles. The van der Waals surface area contributed by atoms with Gasteiger partial charge in [0.15, 0.2) is 0 Å². The first kappa shape index (κ1) is 16.4. The van der Waals surface area contributed by atoms with Gasteiger partial charge in [-0.2, -0.15) is 0 Å². The lowest BCUT2D eigenvalue weighted by Crippen LogP contribution is -2.37. The minimum Gasteiger partial charge on any atom is -0.355 e. The van der Waals surface area contributed by atoms with E-state index in [-0.39, 0.29) is 5.91 Å². The minimum absolute atomic E-state index is 0.186. The summed E-state index contributed by atoms with van der Waals surface area (Å²) in [5.41, 5.74) is 0. The van der Waals surface area contributed by atoms with Crippen LogP contribution in [0.5, 0.6) is 0 Å². The number of hydrogen-bond donors (Lipinski definition) is 2. The number of likely N-dealkylation sites (N-methyl/N-ethyl adjacent to an activating group) is 1. The van der Waals surface area contributed by atoms with Gasteiger partial charge in [0, 0.05) is 31.6 Å². The minimum atomic E-state index is 0.186. The van der Waals surface area contributed by atoms with E-state index in [1.165, 1.54) is 25.7 Å². The highest BCUT2D eigenvalue weighted by molar-refractivity contribution is 5.75. The average Bonchev–Trinajstić information content (AvgIpc) is 2.88. The molecule has 0 spiro atoms. The third kappa shape index (κ3) is 7.53. The molecule has 2 N–H and O–H groups in total. The number of amides is 1. The van der Waals surface area contributed by atoms with Crippen LogP contribution in [0.4, 0.5) is 0 Å². The highest BCUT2D eigenvalue weighted by Crippen LogP contribution is 2.21. The van der Waals surface area contributed by atoms with Gasteiger partial charge in [-0.3, -0.25) is 4.79 Å². The summed E-state index contributed by atoms with van der Waals surface area (Å²) in [4.78, 5) is 14.0. The van der Waals surface area contributed by atoms with Gasteiger partial charge in [0.2, 0.25) is 5.91 Å². The molecule has 0 unspecified atom stereocenters. The lowest BCUT2D eigenvalue weighted by molar-refractivity contribution is -0.121. The van der Waals surface area contributed by atoms with Gasteiger partial charge in [0.1, 0.15) is 0 Å². The fourth-order valence-electron chi connectivity index (χ4n) is 2.63. The van der Waals surface area contributed by atoms with Gasteiger partial charge in [0.25, 0.3) is 0 Å². The molecule has 4 heteroatoms. The van der Waals surface area contributed by atoms with Crippen LogP contribution in [-0.2, 0) is 4.79 Å². The maximum atomic E-state index is 11.6. The first-order valence-corrected chi connectivity index (χ1v) is 7.80. The standard InChI is InChI=1S/C15H31N3O/c1-13(2)16-10-6-9-15(19)17-11-12-18(3)14-7-4-5-8-14/h13-14,16H,4-12H2,1-3H3,(H,17,19). The topological polar surface area (TPSA) is 44.4 Å². The number of hydrogen-bond acceptors (Lipinski definition) is 3. The summed E-state index contributed by atoms with van der Waals surface area (Å²) in [5, 5.41) is 6.34. The zero-order valence-electron chi connectivity index (χ0n) is 12.9. The number of carbonyl (C=O) groups is 1. The summed E-state index contributed by atoms with van der Waals surface area (Å²) in [6.07, 6.45) is 6.93. The highest BCUT2D eigenvalue weighted by Gasteiger charge is 2.18. The van der Waals surface area contributed by atoms with E-state index in [2.05, 4.69) is 36.4 Å². The molecule has 1 aliphatic rings. The zero-order chi connectivity index (χ0) is 14.1. The second-order valence-corrected chi connectivity index (χ2v) is 5.98. The Morgan fingerprint density at radius 2 is 1.95 bits per heavy atom. The molecule has 1 aliphatic carbocycles. The quantitative estimate of drug-likeness (QED) is 0.627. The second-order valence-electron chi connectivity index (χ2n) is 5.98. The van der Waals surface area contributed by atoms with Crippen LogP contribution in [0.25, 0.3) is 0 Å². The third-order valence-corrected chi connectivity index (χ3v) is 3.87. The molecule has 0 radical (unpaired) electrons. The first-order valence-electron chi connectivity index (χ1n) is 7.80. The third-order valence-electron chi connectivity index (χ3n) is 3.87. The van der Waals surface area contributed by atoms with E-state index in [1.807, 2.05) is 0 Å². The normalized spacial score (nSPS) is 16.5. The predicted octanol–water partition coefficient (Wildman–Crippen LogP) is 1.76. The molecular formula is C15H31N3O. The van der Waals surface area contributed by atoms with Crippen LogP contribution >= 0.6 is 0 Å². The van der Waals surface area contributed by atoms with Gasteiger partial charge in [-0.05, 0) is 32.9 Å². The van der Waals surface area contributed by atoms with Crippen molar-refractivity contribution in [2.75, 3.05) is 26.7 Å². The van der Waals surface area contributed by atoms with Crippen LogP contribution < -0.4 is 10.6 Å². The molecule has 1 amide bonds. The molecule has 1 fully saturated rings. The summed E-state index contributed by atoms with van der Waals surface area (Å²) in [6.45, 7) is 6.93. The van der Waals surface area contributed by atoms with Crippen molar-refractivity contribution in [2.45, 2.75) is 64.5 Å². The Morgan fingerprint density at radius 1 is 1.26 bits per heavy atom. The van der Waals surface area contributed by atoms with Crippen molar-refractivity contribution in [3.05, 3.63) is 0 Å². The summed E-state index contributed by atoms with van der Waals surface area (Å²) in [6, 6.07) is 1.25. The molecule has 0 atom stereocenters. The Bertz CT molecular complexity index is 250. The Hall–Kier alpha value is -0.610. The lowest BCUT2D eigenvalue weighted by atomic mass is 10.2. The van der Waals surface area contributed by atoms with E-state index in [0.29, 0.717) is 12.5 Å². The summed E-state index contributed by atoms with van der Waals surface area (Å²) in [7, 11) is 2.18. The number of carbonyl (C=O) groups excluding carboxylic acids is 1. The van der Waals surface area contributed by atoms with Crippen molar-refractivity contribution in [1.82, 2.24) is 15.5 Å². The molecule has 1 saturated carbocycles. The van der Waals surface area contributed by atoms with Gasteiger partial charge in [0.05, 0.1) is 0 Å². The van der Waals surface area contributed by atoms with Gasteiger partial charge >= 0.3 is 0 Å². The van der Waals surface area contributed by atoms with E-state index in [0.717, 1.165) is 32.1 Å². The molecule has 4 nitrogen and oxygen atoms in total. The Labute approximate surface area is 118 Å². The second kappa shape index (κ2) is 9.32. The molecule has 0 aromatic rings. The first-order chi connectivity index (χ1) is 9.09. The summed E-state index contributed by atoms with van der Waals surface area (Å²) in [5.74, 6) is 0.186. The van der Waals surface area contributed by atoms with E-state index in [4.69, 9.17) is 0 Å². The van der Waals surface area contributed by atoms with Crippen LogP contribution in [0, 0.1) is 0 Å². The molecule has 0 bridgehead atoms. The largest absolute Gasteiger partial charge is 0.355 e. The fraction of sp³-hybridized carbons (Fsp3) is 0.933. The molecule has 0 aromatic carbocycles. The summed E-state index contributed by atoms with van der Waals surface area (Å²) >= 11 is 0. The van der Waals surface area contributed by atoms with Crippen LogP contribution in [0.2, 0.25) is 0 Å². The number of rotatable bonds is 9. The molecule has 0 heterocycles. The van der Waals surface area contributed by atoms with Gasteiger partial charge in [-0.25, -0.2) is 0 Å². The van der Waals surface area contributed by atoms with Gasteiger partial charge in [-0.1, -0.05) is 26.7 Å². The highest BCUT2D eigenvalue weighted by atomic mass is 16.1. The van der Waals surface area contributed by atoms with Crippen LogP contribution in [-0.4, -0.2) is 49.6 Å². The maximum Gasteiger partial charge on any atom is 0.220 e. The van der Waals surface area contributed by atoms with E-state index in [9.17, 15) is 4.79 Å². The molecule has 0 aromatic heterocycles. The summed E-state index contributed by atoms with van der Waals surface area (Å²) < 4.78 is 0. The number of nitrogens with one attached hydrogen (secondary N) is 2. The molecule has 1 rings (SSSR count). The van der Waals surface area contributed by atoms with E-state index >= 15 is 0 Å². The van der Waals surface area contributed by atoms with Crippen molar-refractivity contribution in [1.29, 1.82) is 0 Å². The Kier molecular flexibility index (Phi) is 8.07.